The number of rotatable bonds is 8. The first-order chi connectivity index (χ1) is 14.4. The van der Waals surface area contributed by atoms with E-state index in [1.807, 2.05) is 0 Å². The maximum atomic E-state index is 12.9. The maximum Gasteiger partial charge on any atom is 0.417 e. The molecular formula is C19H19ClF3N3O4S. The quantitative estimate of drug-likeness (QED) is 0.542. The highest BCUT2D eigenvalue weighted by molar-refractivity contribution is 7.89. The molecule has 0 atom stereocenters. The number of halogens is 4. The summed E-state index contributed by atoms with van der Waals surface area (Å²) in [6.45, 7) is 1.85. The van der Waals surface area contributed by atoms with E-state index in [1.165, 1.54) is 6.07 Å². The number of nitrogens with one attached hydrogen (secondary N) is 3. The first-order valence-corrected chi connectivity index (χ1v) is 10.8. The SMILES string of the molecule is CCNC(=O)c1cccc(NC(=O)CCNS(=O)(=O)c2ccc(Cl)c(C(F)(F)F)c2)c1. The third kappa shape index (κ3) is 6.94. The molecule has 0 heterocycles. The summed E-state index contributed by atoms with van der Waals surface area (Å²) < 4.78 is 65.3. The van der Waals surface area contributed by atoms with E-state index in [9.17, 15) is 31.2 Å². The molecule has 2 aromatic rings. The summed E-state index contributed by atoms with van der Waals surface area (Å²) in [7, 11) is -4.29. The molecule has 0 aliphatic carbocycles. The van der Waals surface area contributed by atoms with E-state index < -0.39 is 37.6 Å². The molecule has 3 N–H and O–H groups in total. The lowest BCUT2D eigenvalue weighted by molar-refractivity contribution is -0.137. The summed E-state index contributed by atoms with van der Waals surface area (Å²) in [5.41, 5.74) is -0.602. The van der Waals surface area contributed by atoms with Crippen LogP contribution < -0.4 is 15.4 Å². The van der Waals surface area contributed by atoms with E-state index in [2.05, 4.69) is 15.4 Å². The van der Waals surface area contributed by atoms with E-state index in [0.29, 0.717) is 23.9 Å². The topological polar surface area (TPSA) is 104 Å². The lowest BCUT2D eigenvalue weighted by atomic mass is 10.2. The molecule has 0 unspecified atom stereocenters. The van der Waals surface area contributed by atoms with Crippen LogP contribution in [0.2, 0.25) is 5.02 Å². The molecule has 0 radical (unpaired) electrons. The van der Waals surface area contributed by atoms with Gasteiger partial charge in [0.1, 0.15) is 0 Å². The molecule has 2 amide bonds. The van der Waals surface area contributed by atoms with Crippen molar-refractivity contribution in [2.75, 3.05) is 18.4 Å². The Balaban J connectivity index is 1.98. The molecule has 0 saturated heterocycles. The zero-order valence-electron chi connectivity index (χ0n) is 16.2. The van der Waals surface area contributed by atoms with Crippen LogP contribution in [0.1, 0.15) is 29.3 Å². The van der Waals surface area contributed by atoms with Crippen LogP contribution in [0.15, 0.2) is 47.4 Å². The number of benzene rings is 2. The van der Waals surface area contributed by atoms with Gasteiger partial charge in [0.15, 0.2) is 0 Å². The molecule has 168 valence electrons. The van der Waals surface area contributed by atoms with Crippen molar-refractivity contribution in [1.82, 2.24) is 10.0 Å². The van der Waals surface area contributed by atoms with Crippen LogP contribution in [-0.4, -0.2) is 33.3 Å². The lowest BCUT2D eigenvalue weighted by Crippen LogP contribution is -2.28. The van der Waals surface area contributed by atoms with Crippen molar-refractivity contribution in [3.8, 4) is 0 Å². The summed E-state index contributed by atoms with van der Waals surface area (Å²) >= 11 is 5.49. The van der Waals surface area contributed by atoms with Crippen LogP contribution in [0.3, 0.4) is 0 Å². The number of hydrogen-bond donors (Lipinski definition) is 3. The van der Waals surface area contributed by atoms with E-state index in [0.717, 1.165) is 12.1 Å². The Kier molecular flexibility index (Phi) is 8.04. The second-order valence-corrected chi connectivity index (χ2v) is 8.45. The van der Waals surface area contributed by atoms with Crippen molar-refractivity contribution in [2.45, 2.75) is 24.4 Å². The van der Waals surface area contributed by atoms with Gasteiger partial charge in [0, 0.05) is 30.8 Å². The molecule has 2 aromatic carbocycles. The lowest BCUT2D eigenvalue weighted by Gasteiger charge is -2.12. The molecule has 31 heavy (non-hydrogen) atoms. The fourth-order valence-electron chi connectivity index (χ4n) is 2.50. The maximum absolute atomic E-state index is 12.9. The summed E-state index contributed by atoms with van der Waals surface area (Å²) in [4.78, 5) is 23.3. The zero-order chi connectivity index (χ0) is 23.2. The number of amides is 2. The second kappa shape index (κ2) is 10.1. The molecule has 0 saturated carbocycles. The van der Waals surface area contributed by atoms with Gasteiger partial charge in [-0.3, -0.25) is 9.59 Å². The standard InChI is InChI=1S/C19H19ClF3N3O4S/c1-2-24-18(28)12-4-3-5-13(10-12)26-17(27)8-9-25-31(29,30)14-6-7-16(20)15(11-14)19(21,22)23/h3-7,10-11,25H,2,8-9H2,1H3,(H,24,28)(H,26,27). The van der Waals surface area contributed by atoms with Crippen LogP contribution in [0.25, 0.3) is 0 Å². The van der Waals surface area contributed by atoms with Gasteiger partial charge in [-0.15, -0.1) is 0 Å². The van der Waals surface area contributed by atoms with E-state index in [1.54, 1.807) is 25.1 Å². The molecule has 0 aromatic heterocycles. The number of anilines is 1. The summed E-state index contributed by atoms with van der Waals surface area (Å²) in [6.07, 6.45) is -5.10. The number of carbonyl (C=O) groups is 2. The van der Waals surface area contributed by atoms with Crippen molar-refractivity contribution >= 4 is 39.1 Å². The van der Waals surface area contributed by atoms with Crippen LogP contribution in [0.4, 0.5) is 18.9 Å². The predicted octanol–water partition coefficient (Wildman–Crippen LogP) is 3.42. The zero-order valence-corrected chi connectivity index (χ0v) is 17.8. The first kappa shape index (κ1) is 24.6. The third-order valence-corrected chi connectivity index (χ3v) is 5.73. The minimum atomic E-state index is -4.81. The Labute approximate surface area is 182 Å². The molecule has 0 fully saturated rings. The van der Waals surface area contributed by atoms with Crippen molar-refractivity contribution in [3.63, 3.8) is 0 Å². The van der Waals surface area contributed by atoms with Gasteiger partial charge in [0.25, 0.3) is 5.91 Å². The molecule has 2 rings (SSSR count). The minimum absolute atomic E-state index is 0.287. The van der Waals surface area contributed by atoms with E-state index >= 15 is 0 Å². The van der Waals surface area contributed by atoms with Crippen LogP contribution in [0, 0.1) is 0 Å². The molecule has 0 aliphatic heterocycles. The van der Waals surface area contributed by atoms with E-state index in [-0.39, 0.29) is 18.9 Å². The Morgan fingerprint density at radius 2 is 1.81 bits per heavy atom. The van der Waals surface area contributed by atoms with Crippen molar-refractivity contribution in [3.05, 3.63) is 58.6 Å². The third-order valence-electron chi connectivity index (χ3n) is 3.94. The Morgan fingerprint density at radius 1 is 1.10 bits per heavy atom. The molecule has 0 aliphatic rings. The smallest absolute Gasteiger partial charge is 0.352 e. The van der Waals surface area contributed by atoms with Crippen molar-refractivity contribution in [1.29, 1.82) is 0 Å². The predicted molar refractivity (Wildman–Crippen MR) is 109 cm³/mol. The highest BCUT2D eigenvalue weighted by Crippen LogP contribution is 2.35. The number of carbonyl (C=O) groups excluding carboxylic acids is 2. The Hall–Kier alpha value is -2.63. The van der Waals surface area contributed by atoms with Gasteiger partial charge in [0.05, 0.1) is 15.5 Å². The van der Waals surface area contributed by atoms with Crippen LogP contribution in [-0.2, 0) is 21.0 Å². The summed E-state index contributed by atoms with van der Waals surface area (Å²) in [5.74, 6) is -0.865. The second-order valence-electron chi connectivity index (χ2n) is 6.28. The normalized spacial score (nSPS) is 11.8. The van der Waals surface area contributed by atoms with Crippen molar-refractivity contribution in [2.24, 2.45) is 0 Å². The van der Waals surface area contributed by atoms with E-state index in [4.69, 9.17) is 11.6 Å². The molecule has 0 bridgehead atoms. The largest absolute Gasteiger partial charge is 0.417 e. The number of sulfonamides is 1. The molecule has 7 nitrogen and oxygen atoms in total. The van der Waals surface area contributed by atoms with Gasteiger partial charge < -0.3 is 10.6 Å². The van der Waals surface area contributed by atoms with Crippen LogP contribution in [0.5, 0.6) is 0 Å². The fraction of sp³-hybridized carbons (Fsp3) is 0.263. The first-order valence-electron chi connectivity index (χ1n) is 8.98. The number of hydrogen-bond acceptors (Lipinski definition) is 4. The Bertz CT molecular complexity index is 1080. The van der Waals surface area contributed by atoms with Gasteiger partial charge in [0.2, 0.25) is 15.9 Å². The molecule has 12 heteroatoms. The highest BCUT2D eigenvalue weighted by atomic mass is 35.5. The van der Waals surface area contributed by atoms with Crippen molar-refractivity contribution < 1.29 is 31.2 Å². The Morgan fingerprint density at radius 3 is 2.45 bits per heavy atom. The summed E-state index contributed by atoms with van der Waals surface area (Å²) in [5, 5.41) is 4.52. The molecular weight excluding hydrogens is 459 g/mol. The van der Waals surface area contributed by atoms with Gasteiger partial charge in [-0.1, -0.05) is 17.7 Å². The number of alkyl halides is 3. The van der Waals surface area contributed by atoms with Gasteiger partial charge >= 0.3 is 6.18 Å². The average Bonchev–Trinajstić information content (AvgIpc) is 2.67. The monoisotopic (exact) mass is 477 g/mol. The van der Waals surface area contributed by atoms with Crippen LogP contribution >= 0.6 is 11.6 Å². The van der Waals surface area contributed by atoms with Gasteiger partial charge in [-0.25, -0.2) is 13.1 Å². The minimum Gasteiger partial charge on any atom is -0.352 e. The average molecular weight is 478 g/mol. The fourth-order valence-corrected chi connectivity index (χ4v) is 3.78. The summed E-state index contributed by atoms with van der Waals surface area (Å²) in [6, 6.07) is 8.35. The van der Waals surface area contributed by atoms with Gasteiger partial charge in [-0.05, 0) is 43.3 Å². The van der Waals surface area contributed by atoms with Gasteiger partial charge in [-0.2, -0.15) is 13.2 Å². The highest BCUT2D eigenvalue weighted by Gasteiger charge is 2.34. The molecule has 0 spiro atoms.